The molecular formula is C16H21BrClN5O2. The fourth-order valence-corrected chi connectivity index (χ4v) is 3.05. The SMILES string of the molecule is COC1(C(=O)NCc2nc(-c3ccc(Br)cc3)n[nH]2)CCNCC1.Cl. The normalized spacial score (nSPS) is 16.1. The fourth-order valence-electron chi connectivity index (χ4n) is 2.78. The molecule has 136 valence electrons. The zero-order chi connectivity index (χ0) is 17.0. The summed E-state index contributed by atoms with van der Waals surface area (Å²) in [4.78, 5) is 16.9. The Morgan fingerprint density at radius 2 is 2.00 bits per heavy atom. The summed E-state index contributed by atoms with van der Waals surface area (Å²) in [6.07, 6.45) is 1.33. The van der Waals surface area contributed by atoms with Crippen molar-refractivity contribution in [3.05, 3.63) is 34.6 Å². The van der Waals surface area contributed by atoms with Gasteiger partial charge in [0.1, 0.15) is 11.4 Å². The number of aromatic amines is 1. The van der Waals surface area contributed by atoms with Crippen LogP contribution in [-0.4, -0.2) is 46.9 Å². The van der Waals surface area contributed by atoms with Crippen LogP contribution in [0.3, 0.4) is 0 Å². The Bertz CT molecular complexity index is 701. The second-order valence-corrected chi connectivity index (χ2v) is 6.66. The number of amides is 1. The Hall–Kier alpha value is -1.48. The lowest BCUT2D eigenvalue weighted by molar-refractivity contribution is -0.146. The minimum Gasteiger partial charge on any atom is -0.368 e. The third-order valence-corrected chi connectivity index (χ3v) is 4.79. The predicted octanol–water partition coefficient (Wildman–Crippen LogP) is 2.04. The summed E-state index contributed by atoms with van der Waals surface area (Å²) in [7, 11) is 1.59. The van der Waals surface area contributed by atoms with Gasteiger partial charge in [0.2, 0.25) is 0 Å². The summed E-state index contributed by atoms with van der Waals surface area (Å²) in [5.41, 5.74) is 0.165. The maximum absolute atomic E-state index is 12.5. The van der Waals surface area contributed by atoms with Crippen molar-refractivity contribution < 1.29 is 9.53 Å². The van der Waals surface area contributed by atoms with Gasteiger partial charge >= 0.3 is 0 Å². The van der Waals surface area contributed by atoms with Crippen LogP contribution in [0.15, 0.2) is 28.7 Å². The van der Waals surface area contributed by atoms with E-state index >= 15 is 0 Å². The highest BCUT2D eigenvalue weighted by atomic mass is 79.9. The minimum atomic E-state index is -0.750. The number of aromatic nitrogens is 3. The Morgan fingerprint density at radius 1 is 1.32 bits per heavy atom. The summed E-state index contributed by atoms with van der Waals surface area (Å²) in [5.74, 6) is 1.12. The number of ether oxygens (including phenoxy) is 1. The molecular weight excluding hydrogens is 410 g/mol. The summed E-state index contributed by atoms with van der Waals surface area (Å²) < 4.78 is 6.51. The average Bonchev–Trinajstić information content (AvgIpc) is 3.10. The zero-order valence-corrected chi connectivity index (χ0v) is 16.2. The molecule has 1 aromatic heterocycles. The van der Waals surface area contributed by atoms with Crippen LogP contribution in [0.5, 0.6) is 0 Å². The molecule has 0 bridgehead atoms. The van der Waals surface area contributed by atoms with Crippen LogP contribution in [-0.2, 0) is 16.1 Å². The zero-order valence-electron chi connectivity index (χ0n) is 13.8. The number of hydrogen-bond acceptors (Lipinski definition) is 5. The summed E-state index contributed by atoms with van der Waals surface area (Å²) in [6.45, 7) is 1.84. The number of nitrogens with zero attached hydrogens (tertiary/aromatic N) is 2. The number of methoxy groups -OCH3 is 1. The number of H-pyrrole nitrogens is 1. The monoisotopic (exact) mass is 429 g/mol. The van der Waals surface area contributed by atoms with E-state index in [1.807, 2.05) is 24.3 Å². The molecule has 1 aliphatic rings. The molecule has 1 amide bonds. The molecule has 0 spiro atoms. The van der Waals surface area contributed by atoms with Gasteiger partial charge in [-0.05, 0) is 38.1 Å². The lowest BCUT2D eigenvalue weighted by atomic mass is 9.91. The molecule has 0 radical (unpaired) electrons. The van der Waals surface area contributed by atoms with Gasteiger partial charge < -0.3 is 15.4 Å². The fraction of sp³-hybridized carbons (Fsp3) is 0.438. The van der Waals surface area contributed by atoms with Gasteiger partial charge in [0.15, 0.2) is 5.82 Å². The Morgan fingerprint density at radius 3 is 2.64 bits per heavy atom. The van der Waals surface area contributed by atoms with Crippen LogP contribution in [0.2, 0.25) is 0 Å². The number of carbonyl (C=O) groups is 1. The molecule has 25 heavy (non-hydrogen) atoms. The number of benzene rings is 1. The molecule has 2 heterocycles. The lowest BCUT2D eigenvalue weighted by Gasteiger charge is -2.34. The summed E-state index contributed by atoms with van der Waals surface area (Å²) in [6, 6.07) is 7.74. The molecule has 3 rings (SSSR count). The maximum atomic E-state index is 12.5. The maximum Gasteiger partial charge on any atom is 0.252 e. The van der Waals surface area contributed by atoms with Crippen LogP contribution in [0.1, 0.15) is 18.7 Å². The van der Waals surface area contributed by atoms with Crippen molar-refractivity contribution in [2.75, 3.05) is 20.2 Å². The molecule has 1 aliphatic heterocycles. The Labute approximate surface area is 160 Å². The van der Waals surface area contributed by atoms with Crippen molar-refractivity contribution in [2.24, 2.45) is 0 Å². The number of hydrogen-bond donors (Lipinski definition) is 3. The molecule has 7 nitrogen and oxygen atoms in total. The van der Waals surface area contributed by atoms with E-state index in [0.29, 0.717) is 31.0 Å². The number of piperidine rings is 1. The van der Waals surface area contributed by atoms with Gasteiger partial charge in [-0.1, -0.05) is 28.1 Å². The van der Waals surface area contributed by atoms with Crippen LogP contribution in [0.25, 0.3) is 11.4 Å². The molecule has 1 saturated heterocycles. The first-order valence-electron chi connectivity index (χ1n) is 7.84. The number of nitrogens with one attached hydrogen (secondary N) is 3. The van der Waals surface area contributed by atoms with E-state index in [2.05, 4.69) is 41.7 Å². The van der Waals surface area contributed by atoms with E-state index in [1.165, 1.54) is 0 Å². The average molecular weight is 431 g/mol. The van der Waals surface area contributed by atoms with Crippen molar-refractivity contribution in [1.29, 1.82) is 0 Å². The molecule has 0 saturated carbocycles. The first-order valence-corrected chi connectivity index (χ1v) is 8.64. The second-order valence-electron chi connectivity index (χ2n) is 5.74. The van der Waals surface area contributed by atoms with E-state index in [0.717, 1.165) is 23.1 Å². The molecule has 0 unspecified atom stereocenters. The Kier molecular flexibility index (Phi) is 6.95. The van der Waals surface area contributed by atoms with Gasteiger partial charge in [0.05, 0.1) is 6.54 Å². The van der Waals surface area contributed by atoms with Crippen molar-refractivity contribution in [1.82, 2.24) is 25.8 Å². The molecule has 0 atom stereocenters. The minimum absolute atomic E-state index is 0. The molecule has 1 fully saturated rings. The number of halogens is 2. The van der Waals surface area contributed by atoms with Gasteiger partial charge in [-0.15, -0.1) is 12.4 Å². The van der Waals surface area contributed by atoms with Crippen molar-refractivity contribution >= 4 is 34.2 Å². The number of carbonyl (C=O) groups excluding carboxylic acids is 1. The molecule has 9 heteroatoms. The van der Waals surface area contributed by atoms with E-state index in [4.69, 9.17) is 4.74 Å². The van der Waals surface area contributed by atoms with E-state index in [1.54, 1.807) is 7.11 Å². The highest BCUT2D eigenvalue weighted by Crippen LogP contribution is 2.23. The number of rotatable bonds is 5. The third-order valence-electron chi connectivity index (χ3n) is 4.27. The van der Waals surface area contributed by atoms with E-state index < -0.39 is 5.60 Å². The van der Waals surface area contributed by atoms with E-state index in [-0.39, 0.29) is 18.3 Å². The van der Waals surface area contributed by atoms with Gasteiger partial charge in [0, 0.05) is 17.1 Å². The van der Waals surface area contributed by atoms with Gasteiger partial charge in [0.25, 0.3) is 5.91 Å². The smallest absolute Gasteiger partial charge is 0.252 e. The van der Waals surface area contributed by atoms with Gasteiger partial charge in [-0.25, -0.2) is 4.98 Å². The highest BCUT2D eigenvalue weighted by Gasteiger charge is 2.39. The quantitative estimate of drug-likeness (QED) is 0.675. The topological polar surface area (TPSA) is 91.9 Å². The molecule has 1 aromatic carbocycles. The van der Waals surface area contributed by atoms with Crippen LogP contribution >= 0.6 is 28.3 Å². The molecule has 0 aliphatic carbocycles. The van der Waals surface area contributed by atoms with Crippen LogP contribution in [0.4, 0.5) is 0 Å². The van der Waals surface area contributed by atoms with Gasteiger partial charge in [-0.2, -0.15) is 5.10 Å². The molecule has 3 N–H and O–H groups in total. The van der Waals surface area contributed by atoms with Crippen molar-refractivity contribution in [3.8, 4) is 11.4 Å². The summed E-state index contributed by atoms with van der Waals surface area (Å²) >= 11 is 3.40. The van der Waals surface area contributed by atoms with Crippen LogP contribution < -0.4 is 10.6 Å². The first-order chi connectivity index (χ1) is 11.6. The standard InChI is InChI=1S/C16H20BrN5O2.ClH/c1-24-16(6-8-18-9-7-16)15(23)19-10-13-20-14(22-21-13)11-2-4-12(17)5-3-11;/h2-5,18H,6-10H2,1H3,(H,19,23)(H,20,21,22);1H. The summed E-state index contributed by atoms with van der Waals surface area (Å²) in [5, 5.41) is 13.2. The van der Waals surface area contributed by atoms with Crippen molar-refractivity contribution in [3.63, 3.8) is 0 Å². The lowest BCUT2D eigenvalue weighted by Crippen LogP contribution is -2.54. The molecule has 2 aromatic rings. The predicted molar refractivity (Wildman–Crippen MR) is 100 cm³/mol. The third kappa shape index (κ3) is 4.58. The Balaban J connectivity index is 0.00000225. The van der Waals surface area contributed by atoms with Crippen LogP contribution in [0, 0.1) is 0 Å². The second kappa shape index (κ2) is 8.75. The van der Waals surface area contributed by atoms with Gasteiger partial charge in [-0.3, -0.25) is 9.89 Å². The highest BCUT2D eigenvalue weighted by molar-refractivity contribution is 9.10. The first kappa shape index (κ1) is 19.8. The van der Waals surface area contributed by atoms with Crippen molar-refractivity contribution in [2.45, 2.75) is 25.0 Å². The van der Waals surface area contributed by atoms with E-state index in [9.17, 15) is 4.79 Å². The largest absolute Gasteiger partial charge is 0.368 e.